The summed E-state index contributed by atoms with van der Waals surface area (Å²) >= 11 is 0. The first-order valence-electron chi connectivity index (χ1n) is 16.8. The molecule has 4 heteroatoms. The summed E-state index contributed by atoms with van der Waals surface area (Å²) in [6, 6.07) is 0.220. The first-order valence-corrected chi connectivity index (χ1v) is 16.8. The van der Waals surface area contributed by atoms with E-state index in [4.69, 9.17) is 0 Å². The Morgan fingerprint density at radius 2 is 1.08 bits per heavy atom. The third kappa shape index (κ3) is 29.2. The Balaban J connectivity index is 3.41. The van der Waals surface area contributed by atoms with Crippen molar-refractivity contribution in [2.24, 2.45) is 0 Å². The zero-order valence-electron chi connectivity index (χ0n) is 25.9. The molecule has 2 amide bonds. The van der Waals surface area contributed by atoms with Crippen molar-refractivity contribution in [3.8, 4) is 0 Å². The van der Waals surface area contributed by atoms with Gasteiger partial charge in [-0.2, -0.15) is 0 Å². The highest BCUT2D eigenvalue weighted by atomic mass is 16.2. The number of allylic oxidation sites excluding steroid dienone is 2. The number of nitrogens with one attached hydrogen (secondary N) is 2. The minimum atomic E-state index is 0.190. The molecule has 0 spiro atoms. The van der Waals surface area contributed by atoms with E-state index >= 15 is 0 Å². The van der Waals surface area contributed by atoms with Gasteiger partial charge in [0.05, 0.1) is 0 Å². The monoisotopic (exact) mass is 535 g/mol. The first-order chi connectivity index (χ1) is 18.6. The molecule has 0 aromatic carbocycles. The molecule has 224 valence electrons. The molecular formula is C34H66N2O2. The summed E-state index contributed by atoms with van der Waals surface area (Å²) in [5.74, 6) is 0.390. The molecule has 0 aliphatic carbocycles. The van der Waals surface area contributed by atoms with Crippen LogP contribution in [0, 0.1) is 0 Å². The molecule has 38 heavy (non-hydrogen) atoms. The zero-order chi connectivity index (χ0) is 27.9. The van der Waals surface area contributed by atoms with Crippen LogP contribution >= 0.6 is 0 Å². The van der Waals surface area contributed by atoms with Gasteiger partial charge in [-0.15, -0.1) is 0 Å². The van der Waals surface area contributed by atoms with E-state index in [2.05, 4.69) is 43.6 Å². The lowest BCUT2D eigenvalue weighted by Crippen LogP contribution is -2.32. The van der Waals surface area contributed by atoms with E-state index in [1.807, 2.05) is 0 Å². The third-order valence-corrected chi connectivity index (χ3v) is 7.48. The van der Waals surface area contributed by atoms with Crippen LogP contribution in [0.15, 0.2) is 12.2 Å². The molecule has 0 fully saturated rings. The van der Waals surface area contributed by atoms with Crippen molar-refractivity contribution in [1.82, 2.24) is 10.6 Å². The van der Waals surface area contributed by atoms with Crippen LogP contribution in [-0.2, 0) is 9.59 Å². The SMILES string of the molecule is CC/C=C\CCCCCCCC(=O)NCCCC[C@@H](C)NC(=O)CCCCCCCCCCCCCCC. The molecule has 2 N–H and O–H groups in total. The molecule has 0 heterocycles. The van der Waals surface area contributed by atoms with Gasteiger partial charge in [-0.3, -0.25) is 9.59 Å². The van der Waals surface area contributed by atoms with Crippen LogP contribution in [0.1, 0.15) is 181 Å². The molecule has 4 nitrogen and oxygen atoms in total. The van der Waals surface area contributed by atoms with Gasteiger partial charge in [-0.1, -0.05) is 122 Å². The summed E-state index contributed by atoms with van der Waals surface area (Å²) in [5, 5.41) is 6.21. The fourth-order valence-electron chi connectivity index (χ4n) is 4.98. The number of carbonyl (C=O) groups excluding carboxylic acids is 2. The first kappa shape index (κ1) is 36.7. The predicted molar refractivity (Wildman–Crippen MR) is 167 cm³/mol. The molecule has 0 bridgehead atoms. The van der Waals surface area contributed by atoms with Crippen LogP contribution in [0.2, 0.25) is 0 Å². The van der Waals surface area contributed by atoms with E-state index < -0.39 is 0 Å². The van der Waals surface area contributed by atoms with E-state index in [9.17, 15) is 9.59 Å². The van der Waals surface area contributed by atoms with Crippen molar-refractivity contribution in [3.05, 3.63) is 12.2 Å². The van der Waals surface area contributed by atoms with Crippen LogP contribution in [0.3, 0.4) is 0 Å². The molecule has 0 aliphatic heterocycles. The summed E-state index contributed by atoms with van der Waals surface area (Å²) in [6.07, 6.45) is 34.4. The van der Waals surface area contributed by atoms with Gasteiger partial charge in [0.2, 0.25) is 11.8 Å². The normalized spacial score (nSPS) is 12.2. The van der Waals surface area contributed by atoms with E-state index in [1.54, 1.807) is 0 Å². The number of rotatable bonds is 29. The van der Waals surface area contributed by atoms with E-state index in [1.165, 1.54) is 103 Å². The Bertz CT molecular complexity index is 547. The molecule has 0 saturated heterocycles. The number of carbonyl (C=O) groups is 2. The lowest BCUT2D eigenvalue weighted by atomic mass is 10.0. The van der Waals surface area contributed by atoms with E-state index in [0.717, 1.165) is 51.5 Å². The number of hydrogen-bond acceptors (Lipinski definition) is 2. The van der Waals surface area contributed by atoms with Crippen molar-refractivity contribution in [1.29, 1.82) is 0 Å². The second kappa shape index (κ2) is 30.2. The summed E-state index contributed by atoms with van der Waals surface area (Å²) in [7, 11) is 0. The standard InChI is InChI=1S/C34H66N2O2/c1-4-6-8-10-12-14-15-16-17-19-21-23-25-30-34(38)36-32(3)28-26-27-31-35-33(37)29-24-22-20-18-13-11-9-7-5-2/h7,9,32H,4-6,8,10-31H2,1-3H3,(H,35,37)(H,36,38)/b9-7-/t32-/m1/s1. The summed E-state index contributed by atoms with van der Waals surface area (Å²) < 4.78 is 0. The van der Waals surface area contributed by atoms with Gasteiger partial charge in [0.1, 0.15) is 0 Å². The van der Waals surface area contributed by atoms with Gasteiger partial charge in [0.25, 0.3) is 0 Å². The summed E-state index contributed by atoms with van der Waals surface area (Å²) in [6.45, 7) is 7.30. The lowest BCUT2D eigenvalue weighted by Gasteiger charge is -2.14. The van der Waals surface area contributed by atoms with Crippen LogP contribution in [0.25, 0.3) is 0 Å². The maximum absolute atomic E-state index is 12.2. The topological polar surface area (TPSA) is 58.2 Å². The Labute approximate surface area is 238 Å². The minimum absolute atomic E-state index is 0.190. The van der Waals surface area contributed by atoms with Crippen molar-refractivity contribution in [2.75, 3.05) is 6.54 Å². The van der Waals surface area contributed by atoms with Gasteiger partial charge < -0.3 is 10.6 Å². The average Bonchev–Trinajstić information content (AvgIpc) is 2.90. The Morgan fingerprint density at radius 3 is 1.63 bits per heavy atom. The van der Waals surface area contributed by atoms with Crippen LogP contribution in [-0.4, -0.2) is 24.4 Å². The Morgan fingerprint density at radius 1 is 0.579 bits per heavy atom. The summed E-state index contributed by atoms with van der Waals surface area (Å²) in [4.78, 5) is 24.2. The molecule has 0 aromatic heterocycles. The van der Waals surface area contributed by atoms with Crippen molar-refractivity contribution in [3.63, 3.8) is 0 Å². The second-order valence-corrected chi connectivity index (χ2v) is 11.5. The molecule has 0 aromatic rings. The highest BCUT2D eigenvalue weighted by Crippen LogP contribution is 2.13. The lowest BCUT2D eigenvalue weighted by molar-refractivity contribution is -0.122. The third-order valence-electron chi connectivity index (χ3n) is 7.48. The van der Waals surface area contributed by atoms with Gasteiger partial charge in [0.15, 0.2) is 0 Å². The molecule has 0 unspecified atom stereocenters. The number of unbranched alkanes of at least 4 members (excludes halogenated alkanes) is 18. The number of amides is 2. The quantitative estimate of drug-likeness (QED) is 0.0741. The fraction of sp³-hybridized carbons (Fsp3) is 0.882. The molecule has 1 atom stereocenters. The van der Waals surface area contributed by atoms with Crippen molar-refractivity contribution >= 4 is 11.8 Å². The number of hydrogen-bond donors (Lipinski definition) is 2. The molecular weight excluding hydrogens is 468 g/mol. The zero-order valence-corrected chi connectivity index (χ0v) is 25.9. The largest absolute Gasteiger partial charge is 0.356 e. The van der Waals surface area contributed by atoms with Crippen molar-refractivity contribution in [2.45, 2.75) is 187 Å². The van der Waals surface area contributed by atoms with Gasteiger partial charge >= 0.3 is 0 Å². The van der Waals surface area contributed by atoms with Gasteiger partial charge in [-0.05, 0) is 58.3 Å². The van der Waals surface area contributed by atoms with Crippen molar-refractivity contribution < 1.29 is 9.59 Å². The van der Waals surface area contributed by atoms with Gasteiger partial charge in [-0.25, -0.2) is 0 Å². The molecule has 0 radical (unpaired) electrons. The average molecular weight is 535 g/mol. The molecule has 0 rings (SSSR count). The van der Waals surface area contributed by atoms with E-state index in [-0.39, 0.29) is 17.9 Å². The fourth-order valence-corrected chi connectivity index (χ4v) is 4.98. The van der Waals surface area contributed by atoms with Crippen LogP contribution < -0.4 is 10.6 Å². The van der Waals surface area contributed by atoms with E-state index in [0.29, 0.717) is 12.8 Å². The highest BCUT2D eigenvalue weighted by molar-refractivity contribution is 5.76. The molecule has 0 aliphatic rings. The minimum Gasteiger partial charge on any atom is -0.356 e. The predicted octanol–water partition coefficient (Wildman–Crippen LogP) is 9.96. The Kier molecular flexibility index (Phi) is 29.2. The van der Waals surface area contributed by atoms with Crippen LogP contribution in [0.4, 0.5) is 0 Å². The van der Waals surface area contributed by atoms with Crippen LogP contribution in [0.5, 0.6) is 0 Å². The van der Waals surface area contributed by atoms with Gasteiger partial charge in [0, 0.05) is 25.4 Å². The summed E-state index contributed by atoms with van der Waals surface area (Å²) in [5.41, 5.74) is 0. The molecule has 0 saturated carbocycles. The maximum atomic E-state index is 12.2. The highest BCUT2D eigenvalue weighted by Gasteiger charge is 2.07. The smallest absolute Gasteiger partial charge is 0.220 e. The Hall–Kier alpha value is -1.32. The maximum Gasteiger partial charge on any atom is 0.220 e. The second-order valence-electron chi connectivity index (χ2n) is 11.5.